The number of thiazole rings is 1. The zero-order chi connectivity index (χ0) is 23.2. The molecule has 0 aliphatic carbocycles. The molecule has 33 heavy (non-hydrogen) atoms. The second-order valence-corrected chi connectivity index (χ2v) is 9.92. The van der Waals surface area contributed by atoms with E-state index < -0.39 is 5.97 Å². The molecule has 170 valence electrons. The van der Waals surface area contributed by atoms with Crippen molar-refractivity contribution in [2.75, 3.05) is 19.0 Å². The molecule has 0 saturated heterocycles. The van der Waals surface area contributed by atoms with Crippen LogP contribution in [-0.2, 0) is 4.79 Å². The molecule has 8 heteroatoms. The van der Waals surface area contributed by atoms with Crippen LogP contribution < -0.4 is 9.47 Å². The van der Waals surface area contributed by atoms with Crippen LogP contribution in [-0.4, -0.2) is 35.0 Å². The Bertz CT molecular complexity index is 1240. The van der Waals surface area contributed by atoms with Crippen LogP contribution in [0.3, 0.4) is 0 Å². The van der Waals surface area contributed by atoms with Gasteiger partial charge in [-0.15, -0.1) is 23.1 Å². The molecule has 5 nitrogen and oxygen atoms in total. The number of nitrogens with zero attached hydrogens (tertiary/aromatic N) is 1. The van der Waals surface area contributed by atoms with Crippen molar-refractivity contribution >= 4 is 50.9 Å². The molecule has 0 saturated carbocycles. The number of rotatable bonds is 10. The lowest BCUT2D eigenvalue weighted by Crippen LogP contribution is -2.10. The number of fused-ring (bicyclic) bond motifs is 1. The Hall–Kier alpha value is -2.74. The van der Waals surface area contributed by atoms with E-state index in [1.54, 1.807) is 23.1 Å². The van der Waals surface area contributed by atoms with E-state index >= 15 is 0 Å². The fourth-order valence-electron chi connectivity index (χ4n) is 3.23. The number of hydrogen-bond donors (Lipinski definition) is 1. The number of halogens is 1. The van der Waals surface area contributed by atoms with Crippen LogP contribution in [0.2, 0.25) is 5.02 Å². The van der Waals surface area contributed by atoms with Gasteiger partial charge in [-0.3, -0.25) is 0 Å². The highest BCUT2D eigenvalue weighted by molar-refractivity contribution is 7.99. The van der Waals surface area contributed by atoms with E-state index in [9.17, 15) is 4.79 Å². The third kappa shape index (κ3) is 6.19. The van der Waals surface area contributed by atoms with Gasteiger partial charge in [0.1, 0.15) is 16.5 Å². The van der Waals surface area contributed by atoms with Crippen LogP contribution in [0, 0.1) is 6.92 Å². The minimum Gasteiger partial charge on any atom is -0.493 e. The maximum absolute atomic E-state index is 10.7. The molecule has 1 aromatic heterocycles. The van der Waals surface area contributed by atoms with Gasteiger partial charge in [-0.05, 0) is 67.4 Å². The Morgan fingerprint density at radius 3 is 2.70 bits per heavy atom. The second-order valence-electron chi connectivity index (χ2n) is 7.29. The molecular formula is C25H22ClNO4S2. The van der Waals surface area contributed by atoms with Crippen molar-refractivity contribution in [3.05, 3.63) is 71.2 Å². The standard InChI is InChI=1S/C25H22ClNO4S2/c1-16-13-18(8-10-21(16)31-15-24(28)29)32-12-4-11-30-22-9-7-17(26)14-19(22)25-27-20-5-2-3-6-23(20)33-25/h2-3,5-10,13-14H,4,11-12,15H2,1H3,(H,28,29). The van der Waals surface area contributed by atoms with Gasteiger partial charge in [0.05, 0.1) is 22.4 Å². The van der Waals surface area contributed by atoms with Gasteiger partial charge in [0.25, 0.3) is 0 Å². The molecule has 0 bridgehead atoms. The first-order valence-corrected chi connectivity index (χ1v) is 12.5. The summed E-state index contributed by atoms with van der Waals surface area (Å²) < 4.78 is 12.5. The van der Waals surface area contributed by atoms with E-state index in [0.29, 0.717) is 17.4 Å². The van der Waals surface area contributed by atoms with Gasteiger partial charge in [-0.2, -0.15) is 0 Å². The molecule has 4 rings (SSSR count). The summed E-state index contributed by atoms with van der Waals surface area (Å²) in [6.07, 6.45) is 0.864. The van der Waals surface area contributed by atoms with Crippen molar-refractivity contribution in [2.24, 2.45) is 0 Å². The Kier molecular flexibility index (Phi) is 7.75. The molecule has 1 heterocycles. The van der Waals surface area contributed by atoms with E-state index in [1.165, 1.54) is 0 Å². The summed E-state index contributed by atoms with van der Waals surface area (Å²) in [5, 5.41) is 10.3. The quantitative estimate of drug-likeness (QED) is 0.188. The normalized spacial score (nSPS) is 11.0. The summed E-state index contributed by atoms with van der Waals surface area (Å²) in [5.41, 5.74) is 2.79. The van der Waals surface area contributed by atoms with Gasteiger partial charge in [0.2, 0.25) is 0 Å². The average molecular weight is 500 g/mol. The number of carbonyl (C=O) groups is 1. The molecule has 0 aliphatic rings. The highest BCUT2D eigenvalue weighted by Gasteiger charge is 2.13. The number of ether oxygens (including phenoxy) is 2. The molecule has 1 N–H and O–H groups in total. The van der Waals surface area contributed by atoms with Crippen molar-refractivity contribution in [2.45, 2.75) is 18.2 Å². The Morgan fingerprint density at radius 1 is 1.09 bits per heavy atom. The molecular weight excluding hydrogens is 478 g/mol. The first-order chi connectivity index (χ1) is 16.0. The van der Waals surface area contributed by atoms with Gasteiger partial charge in [-0.1, -0.05) is 23.7 Å². The van der Waals surface area contributed by atoms with Gasteiger partial charge in [0, 0.05) is 15.7 Å². The molecule has 4 aromatic rings. The number of benzene rings is 3. The van der Waals surface area contributed by atoms with E-state index in [1.807, 2.05) is 61.5 Å². The number of thioether (sulfide) groups is 1. The topological polar surface area (TPSA) is 68.7 Å². The third-order valence-electron chi connectivity index (χ3n) is 4.78. The largest absolute Gasteiger partial charge is 0.493 e. The lowest BCUT2D eigenvalue weighted by Gasteiger charge is -2.11. The first kappa shape index (κ1) is 23.4. The van der Waals surface area contributed by atoms with Crippen LogP contribution in [0.1, 0.15) is 12.0 Å². The Morgan fingerprint density at radius 2 is 1.91 bits per heavy atom. The van der Waals surface area contributed by atoms with Gasteiger partial charge >= 0.3 is 5.97 Å². The minimum absolute atomic E-state index is 0.339. The van der Waals surface area contributed by atoms with Gasteiger partial charge in [-0.25, -0.2) is 9.78 Å². The van der Waals surface area contributed by atoms with Crippen molar-refractivity contribution in [1.29, 1.82) is 0 Å². The molecule has 0 fully saturated rings. The zero-order valence-corrected chi connectivity index (χ0v) is 20.3. The number of carboxylic acid groups (broad SMARTS) is 1. The number of para-hydroxylation sites is 1. The highest BCUT2D eigenvalue weighted by atomic mass is 35.5. The average Bonchev–Trinajstić information content (AvgIpc) is 3.23. The molecule has 0 aliphatic heterocycles. The van der Waals surface area contributed by atoms with Crippen LogP contribution in [0.5, 0.6) is 11.5 Å². The molecule has 0 unspecified atom stereocenters. The predicted octanol–water partition coefficient (Wildman–Crippen LogP) is 6.95. The highest BCUT2D eigenvalue weighted by Crippen LogP contribution is 2.37. The molecule has 0 atom stereocenters. The monoisotopic (exact) mass is 499 g/mol. The molecule has 0 amide bonds. The first-order valence-electron chi connectivity index (χ1n) is 10.4. The van der Waals surface area contributed by atoms with Crippen molar-refractivity contribution in [1.82, 2.24) is 4.98 Å². The van der Waals surface area contributed by atoms with Gasteiger partial charge in [0.15, 0.2) is 6.61 Å². The summed E-state index contributed by atoms with van der Waals surface area (Å²) in [6.45, 7) is 2.15. The molecule has 0 spiro atoms. The Labute approximate surface area is 205 Å². The maximum Gasteiger partial charge on any atom is 0.341 e. The fraction of sp³-hybridized carbons (Fsp3) is 0.200. The number of aryl methyl sites for hydroxylation is 1. The lowest BCUT2D eigenvalue weighted by molar-refractivity contribution is -0.139. The summed E-state index contributed by atoms with van der Waals surface area (Å²) in [6, 6.07) is 19.5. The number of aliphatic carboxylic acids is 1. The third-order valence-corrected chi connectivity index (χ3v) is 7.16. The maximum atomic E-state index is 10.7. The Balaban J connectivity index is 1.33. The fourth-order valence-corrected chi connectivity index (χ4v) is 5.31. The SMILES string of the molecule is Cc1cc(SCCCOc2ccc(Cl)cc2-c2nc3ccccc3s2)ccc1OCC(=O)O. The van der Waals surface area contributed by atoms with Crippen LogP contribution in [0.25, 0.3) is 20.8 Å². The number of hydrogen-bond acceptors (Lipinski definition) is 6. The summed E-state index contributed by atoms with van der Waals surface area (Å²) in [7, 11) is 0. The second kappa shape index (κ2) is 10.9. The van der Waals surface area contributed by atoms with E-state index in [4.69, 9.17) is 31.2 Å². The number of carboxylic acids is 1. The van der Waals surface area contributed by atoms with Gasteiger partial charge < -0.3 is 14.6 Å². The van der Waals surface area contributed by atoms with Crippen molar-refractivity contribution < 1.29 is 19.4 Å². The van der Waals surface area contributed by atoms with Crippen molar-refractivity contribution in [3.63, 3.8) is 0 Å². The molecule has 0 radical (unpaired) electrons. The van der Waals surface area contributed by atoms with Crippen LogP contribution >= 0.6 is 34.7 Å². The minimum atomic E-state index is -0.986. The summed E-state index contributed by atoms with van der Waals surface area (Å²) >= 11 is 9.61. The summed E-state index contributed by atoms with van der Waals surface area (Å²) in [4.78, 5) is 16.5. The van der Waals surface area contributed by atoms with Crippen LogP contribution in [0.4, 0.5) is 0 Å². The molecule has 3 aromatic carbocycles. The zero-order valence-electron chi connectivity index (χ0n) is 17.9. The van der Waals surface area contributed by atoms with E-state index in [2.05, 4.69) is 6.07 Å². The van der Waals surface area contributed by atoms with E-state index in [-0.39, 0.29) is 6.61 Å². The van der Waals surface area contributed by atoms with Crippen LogP contribution in [0.15, 0.2) is 65.6 Å². The van der Waals surface area contributed by atoms with E-state index in [0.717, 1.165) is 49.2 Å². The number of aromatic nitrogens is 1. The smallest absolute Gasteiger partial charge is 0.341 e. The van der Waals surface area contributed by atoms with Crippen molar-refractivity contribution in [3.8, 4) is 22.1 Å². The summed E-state index contributed by atoms with van der Waals surface area (Å²) in [5.74, 6) is 1.27. The predicted molar refractivity (Wildman–Crippen MR) is 135 cm³/mol. The lowest BCUT2D eigenvalue weighted by atomic mass is 10.2.